The van der Waals surface area contributed by atoms with Crippen molar-refractivity contribution in [2.75, 3.05) is 0 Å². The van der Waals surface area contributed by atoms with E-state index in [1.165, 1.54) is 18.2 Å². The SMILES string of the molecule is O=C([O-])c1ccc(-c2cc(=O)[nH]c(=O)[nH]2)s1. The number of aromatic amines is 2. The molecular formula is C9H5N2O4S-. The highest BCUT2D eigenvalue weighted by atomic mass is 32.1. The van der Waals surface area contributed by atoms with E-state index in [1.54, 1.807) is 0 Å². The van der Waals surface area contributed by atoms with Gasteiger partial charge in [-0.25, -0.2) is 4.79 Å². The van der Waals surface area contributed by atoms with Gasteiger partial charge < -0.3 is 14.9 Å². The lowest BCUT2D eigenvalue weighted by Gasteiger charge is -1.96. The predicted octanol–water partition coefficient (Wildman–Crippen LogP) is -0.845. The summed E-state index contributed by atoms with van der Waals surface area (Å²) < 4.78 is 0. The Morgan fingerprint density at radius 3 is 2.56 bits per heavy atom. The number of carbonyl (C=O) groups excluding carboxylic acids is 1. The van der Waals surface area contributed by atoms with Crippen LogP contribution in [0.4, 0.5) is 0 Å². The molecule has 6 nitrogen and oxygen atoms in total. The van der Waals surface area contributed by atoms with Crippen molar-refractivity contribution in [3.8, 4) is 10.6 Å². The summed E-state index contributed by atoms with van der Waals surface area (Å²) in [5.74, 6) is -1.29. The van der Waals surface area contributed by atoms with Gasteiger partial charge in [0.25, 0.3) is 5.56 Å². The first-order valence-electron chi connectivity index (χ1n) is 4.21. The van der Waals surface area contributed by atoms with E-state index in [2.05, 4.69) is 4.98 Å². The Morgan fingerprint density at radius 1 is 1.25 bits per heavy atom. The summed E-state index contributed by atoms with van der Waals surface area (Å²) in [6.45, 7) is 0. The molecule has 2 rings (SSSR count). The van der Waals surface area contributed by atoms with Gasteiger partial charge in [0, 0.05) is 6.07 Å². The van der Waals surface area contributed by atoms with Crippen LogP contribution in [0.3, 0.4) is 0 Å². The van der Waals surface area contributed by atoms with Gasteiger partial charge in [0.2, 0.25) is 0 Å². The average molecular weight is 237 g/mol. The molecule has 2 heterocycles. The molecule has 0 radical (unpaired) electrons. The molecule has 0 amide bonds. The monoisotopic (exact) mass is 237 g/mol. The largest absolute Gasteiger partial charge is 0.544 e. The third kappa shape index (κ3) is 1.94. The second-order valence-electron chi connectivity index (χ2n) is 2.95. The molecule has 16 heavy (non-hydrogen) atoms. The Kier molecular flexibility index (Phi) is 2.45. The van der Waals surface area contributed by atoms with Crippen LogP contribution in [0.1, 0.15) is 9.67 Å². The van der Waals surface area contributed by atoms with Gasteiger partial charge in [0.1, 0.15) is 0 Å². The van der Waals surface area contributed by atoms with Gasteiger partial charge in [-0.1, -0.05) is 0 Å². The summed E-state index contributed by atoms with van der Waals surface area (Å²) in [4.78, 5) is 37.5. The maximum atomic E-state index is 11.0. The van der Waals surface area contributed by atoms with Crippen molar-refractivity contribution in [2.24, 2.45) is 0 Å². The Bertz CT molecular complexity index is 624. The highest BCUT2D eigenvalue weighted by molar-refractivity contribution is 7.17. The maximum Gasteiger partial charge on any atom is 0.326 e. The Balaban J connectivity index is 2.54. The normalized spacial score (nSPS) is 10.2. The number of carboxylic acid groups (broad SMARTS) is 1. The highest BCUT2D eigenvalue weighted by Gasteiger charge is 2.05. The molecule has 0 aliphatic rings. The Hall–Kier alpha value is -2.15. The number of H-pyrrole nitrogens is 2. The second-order valence-corrected chi connectivity index (χ2v) is 4.04. The van der Waals surface area contributed by atoms with Gasteiger partial charge >= 0.3 is 5.69 Å². The minimum atomic E-state index is -1.29. The highest BCUT2D eigenvalue weighted by Crippen LogP contribution is 2.24. The van der Waals surface area contributed by atoms with Crippen LogP contribution >= 0.6 is 11.3 Å². The van der Waals surface area contributed by atoms with Crippen molar-refractivity contribution >= 4 is 17.3 Å². The van der Waals surface area contributed by atoms with Crippen LogP contribution in [-0.4, -0.2) is 15.9 Å². The zero-order chi connectivity index (χ0) is 11.7. The molecule has 0 saturated carbocycles. The lowest BCUT2D eigenvalue weighted by atomic mass is 10.3. The molecule has 0 unspecified atom stereocenters. The molecule has 0 fully saturated rings. The van der Waals surface area contributed by atoms with E-state index >= 15 is 0 Å². The summed E-state index contributed by atoms with van der Waals surface area (Å²) in [7, 11) is 0. The van der Waals surface area contributed by atoms with E-state index in [0.717, 1.165) is 11.3 Å². The van der Waals surface area contributed by atoms with Gasteiger partial charge in [-0.2, -0.15) is 0 Å². The van der Waals surface area contributed by atoms with Crippen LogP contribution in [0.5, 0.6) is 0 Å². The van der Waals surface area contributed by atoms with Crippen molar-refractivity contribution in [1.29, 1.82) is 0 Å². The zero-order valence-corrected chi connectivity index (χ0v) is 8.59. The summed E-state index contributed by atoms with van der Waals surface area (Å²) in [6.07, 6.45) is 0. The number of hydrogen-bond acceptors (Lipinski definition) is 5. The molecule has 0 atom stereocenters. The molecule has 0 spiro atoms. The summed E-state index contributed by atoms with van der Waals surface area (Å²) >= 11 is 0.927. The van der Waals surface area contributed by atoms with Gasteiger partial charge in [0.15, 0.2) is 0 Å². The smallest absolute Gasteiger partial charge is 0.326 e. The van der Waals surface area contributed by atoms with Crippen LogP contribution in [0.25, 0.3) is 10.6 Å². The fourth-order valence-electron chi connectivity index (χ4n) is 1.19. The molecule has 0 saturated heterocycles. The molecule has 0 aliphatic heterocycles. The lowest BCUT2D eigenvalue weighted by molar-refractivity contribution is -0.254. The van der Waals surface area contributed by atoms with E-state index in [1.807, 2.05) is 4.98 Å². The van der Waals surface area contributed by atoms with Crippen LogP contribution < -0.4 is 16.4 Å². The van der Waals surface area contributed by atoms with Crippen molar-refractivity contribution in [1.82, 2.24) is 9.97 Å². The molecule has 2 N–H and O–H groups in total. The topological polar surface area (TPSA) is 106 Å². The molecule has 0 aliphatic carbocycles. The van der Waals surface area contributed by atoms with E-state index in [4.69, 9.17) is 0 Å². The third-order valence-corrected chi connectivity index (χ3v) is 2.93. The quantitative estimate of drug-likeness (QED) is 0.709. The number of nitrogens with one attached hydrogen (secondary N) is 2. The van der Waals surface area contributed by atoms with Crippen molar-refractivity contribution in [3.63, 3.8) is 0 Å². The number of rotatable bonds is 2. The van der Waals surface area contributed by atoms with E-state index < -0.39 is 17.2 Å². The maximum absolute atomic E-state index is 11.0. The number of carboxylic acids is 1. The van der Waals surface area contributed by atoms with Gasteiger partial charge in [-0.3, -0.25) is 9.78 Å². The molecule has 0 bridgehead atoms. The number of aromatic nitrogens is 2. The first-order chi connectivity index (χ1) is 7.56. The fraction of sp³-hybridized carbons (Fsp3) is 0. The van der Waals surface area contributed by atoms with Crippen LogP contribution in [0.15, 0.2) is 27.8 Å². The third-order valence-electron chi connectivity index (χ3n) is 1.83. The van der Waals surface area contributed by atoms with Gasteiger partial charge in [0.05, 0.1) is 21.4 Å². The zero-order valence-electron chi connectivity index (χ0n) is 7.77. The molecule has 82 valence electrons. The standard InChI is InChI=1S/C9H6N2O4S/c12-7-3-4(10-9(15)11-7)5-1-2-6(16-5)8(13)14/h1-3H,(H,13,14)(H2,10,11,12,15)/p-1. The Morgan fingerprint density at radius 2 is 2.00 bits per heavy atom. The number of aromatic carboxylic acids is 1. The minimum Gasteiger partial charge on any atom is -0.544 e. The van der Waals surface area contributed by atoms with Crippen molar-refractivity contribution in [3.05, 3.63) is 43.9 Å². The Labute approximate surface area is 92.2 Å². The summed E-state index contributed by atoms with van der Waals surface area (Å²) in [5.41, 5.74) is -0.890. The van der Waals surface area contributed by atoms with Crippen LogP contribution in [-0.2, 0) is 0 Å². The molecule has 2 aromatic rings. The summed E-state index contributed by atoms with van der Waals surface area (Å²) in [6, 6.07) is 4.04. The average Bonchev–Trinajstić information content (AvgIpc) is 2.64. The number of carbonyl (C=O) groups is 1. The minimum absolute atomic E-state index is 0.0381. The van der Waals surface area contributed by atoms with E-state index in [0.29, 0.717) is 4.88 Å². The fourth-order valence-corrected chi connectivity index (χ4v) is 2.01. The molecule has 2 aromatic heterocycles. The van der Waals surface area contributed by atoms with Crippen molar-refractivity contribution in [2.45, 2.75) is 0 Å². The van der Waals surface area contributed by atoms with Gasteiger partial charge in [-0.15, -0.1) is 11.3 Å². The van der Waals surface area contributed by atoms with Gasteiger partial charge in [-0.05, 0) is 12.1 Å². The molecular weight excluding hydrogens is 232 g/mol. The first kappa shape index (κ1) is 10.4. The molecule has 0 aromatic carbocycles. The van der Waals surface area contributed by atoms with E-state index in [-0.39, 0.29) is 10.6 Å². The van der Waals surface area contributed by atoms with Crippen LogP contribution in [0, 0.1) is 0 Å². The molecule has 7 heteroatoms. The van der Waals surface area contributed by atoms with Crippen LogP contribution in [0.2, 0.25) is 0 Å². The number of hydrogen-bond donors (Lipinski definition) is 2. The van der Waals surface area contributed by atoms with Crippen molar-refractivity contribution < 1.29 is 9.90 Å². The second kappa shape index (κ2) is 3.78. The lowest BCUT2D eigenvalue weighted by Crippen LogP contribution is -2.21. The van der Waals surface area contributed by atoms with E-state index in [9.17, 15) is 19.5 Å². The predicted molar refractivity (Wildman–Crippen MR) is 55.3 cm³/mol. The first-order valence-corrected chi connectivity index (χ1v) is 5.03. The number of thiophene rings is 1. The summed E-state index contributed by atoms with van der Waals surface area (Å²) in [5, 5.41) is 10.5.